The first kappa shape index (κ1) is 12.3. The summed E-state index contributed by atoms with van der Waals surface area (Å²) < 4.78 is 18.9. The highest BCUT2D eigenvalue weighted by atomic mass is 19.1. The first-order valence-corrected chi connectivity index (χ1v) is 6.49. The van der Waals surface area contributed by atoms with Crippen LogP contribution in [0.3, 0.4) is 0 Å². The molecule has 2 heterocycles. The quantitative estimate of drug-likeness (QED) is 0.921. The highest BCUT2D eigenvalue weighted by Gasteiger charge is 2.35. The molecule has 3 rings (SSSR count). The van der Waals surface area contributed by atoms with Crippen molar-refractivity contribution < 1.29 is 8.91 Å². The molecular weight excluding hydrogens is 245 g/mol. The van der Waals surface area contributed by atoms with Crippen molar-refractivity contribution in [2.24, 2.45) is 0 Å². The van der Waals surface area contributed by atoms with E-state index in [9.17, 15) is 4.39 Å². The maximum absolute atomic E-state index is 13.6. The van der Waals surface area contributed by atoms with Gasteiger partial charge in [-0.15, -0.1) is 0 Å². The van der Waals surface area contributed by atoms with E-state index >= 15 is 0 Å². The Labute approximate surface area is 111 Å². The molecule has 0 amide bonds. The molecule has 1 aromatic heterocycles. The number of nitrogens with zero attached hydrogens (tertiary/aromatic N) is 2. The standard InChI is InChI=1S/C14H16FN3O/c1-14(7-4-8-16-14)13-17-12(18-19-13)9-10-5-2-3-6-11(10)15/h2-3,5-6,16H,4,7-9H2,1H3. The number of hydrogen-bond donors (Lipinski definition) is 1. The second-order valence-electron chi connectivity index (χ2n) is 5.15. The van der Waals surface area contributed by atoms with E-state index in [1.54, 1.807) is 18.2 Å². The topological polar surface area (TPSA) is 51.0 Å². The fraction of sp³-hybridized carbons (Fsp3) is 0.429. The van der Waals surface area contributed by atoms with E-state index in [4.69, 9.17) is 4.52 Å². The van der Waals surface area contributed by atoms with E-state index in [2.05, 4.69) is 22.4 Å². The van der Waals surface area contributed by atoms with Crippen LogP contribution >= 0.6 is 0 Å². The third kappa shape index (κ3) is 2.38. The van der Waals surface area contributed by atoms with Gasteiger partial charge in [0, 0.05) is 6.42 Å². The molecule has 0 aliphatic carbocycles. The number of aromatic nitrogens is 2. The largest absolute Gasteiger partial charge is 0.337 e. The lowest BCUT2D eigenvalue weighted by Crippen LogP contribution is -2.33. The monoisotopic (exact) mass is 261 g/mol. The Hall–Kier alpha value is -1.75. The summed E-state index contributed by atoms with van der Waals surface area (Å²) in [4.78, 5) is 4.39. The minimum absolute atomic E-state index is 0.236. The summed E-state index contributed by atoms with van der Waals surface area (Å²) in [6, 6.07) is 6.65. The molecule has 1 unspecified atom stereocenters. The molecule has 0 bridgehead atoms. The van der Waals surface area contributed by atoms with E-state index in [0.29, 0.717) is 23.7 Å². The zero-order valence-electron chi connectivity index (χ0n) is 10.8. The summed E-state index contributed by atoms with van der Waals surface area (Å²) in [5, 5.41) is 7.32. The van der Waals surface area contributed by atoms with Crippen LogP contribution in [0.1, 0.15) is 37.0 Å². The van der Waals surface area contributed by atoms with Gasteiger partial charge in [-0.3, -0.25) is 0 Å². The Morgan fingerprint density at radius 3 is 3.00 bits per heavy atom. The van der Waals surface area contributed by atoms with Gasteiger partial charge in [0.2, 0.25) is 5.89 Å². The molecule has 1 N–H and O–H groups in total. The molecule has 1 saturated heterocycles. The summed E-state index contributed by atoms with van der Waals surface area (Å²) in [7, 11) is 0. The van der Waals surface area contributed by atoms with Crippen molar-refractivity contribution in [1.82, 2.24) is 15.5 Å². The molecule has 100 valence electrons. The van der Waals surface area contributed by atoms with Gasteiger partial charge >= 0.3 is 0 Å². The Morgan fingerprint density at radius 2 is 2.26 bits per heavy atom. The van der Waals surface area contributed by atoms with Gasteiger partial charge in [-0.2, -0.15) is 4.98 Å². The predicted octanol–water partition coefficient (Wildman–Crippen LogP) is 2.40. The number of nitrogens with one attached hydrogen (secondary N) is 1. The van der Waals surface area contributed by atoms with Gasteiger partial charge in [0.15, 0.2) is 5.82 Å². The van der Waals surface area contributed by atoms with Crippen molar-refractivity contribution in [2.75, 3.05) is 6.54 Å². The van der Waals surface area contributed by atoms with Crippen LogP contribution < -0.4 is 5.32 Å². The highest BCUT2D eigenvalue weighted by molar-refractivity contribution is 5.21. The highest BCUT2D eigenvalue weighted by Crippen LogP contribution is 2.29. The lowest BCUT2D eigenvalue weighted by molar-refractivity contribution is 0.274. The van der Waals surface area contributed by atoms with Crippen molar-refractivity contribution in [3.8, 4) is 0 Å². The van der Waals surface area contributed by atoms with Crippen LogP contribution in [0.25, 0.3) is 0 Å². The van der Waals surface area contributed by atoms with E-state index in [0.717, 1.165) is 19.4 Å². The molecule has 19 heavy (non-hydrogen) atoms. The average molecular weight is 261 g/mol. The molecule has 1 aromatic carbocycles. The number of hydrogen-bond acceptors (Lipinski definition) is 4. The van der Waals surface area contributed by atoms with Gasteiger partial charge in [-0.1, -0.05) is 23.4 Å². The van der Waals surface area contributed by atoms with Gasteiger partial charge in [0.25, 0.3) is 0 Å². The summed E-state index contributed by atoms with van der Waals surface area (Å²) in [5.74, 6) is 0.880. The average Bonchev–Trinajstić information content (AvgIpc) is 3.02. The van der Waals surface area contributed by atoms with Crippen molar-refractivity contribution >= 4 is 0 Å². The van der Waals surface area contributed by atoms with Crippen LogP contribution in [0.4, 0.5) is 4.39 Å². The van der Waals surface area contributed by atoms with Crippen LogP contribution in [0.2, 0.25) is 0 Å². The maximum Gasteiger partial charge on any atom is 0.246 e. The lowest BCUT2D eigenvalue weighted by atomic mass is 10.0. The molecule has 1 aliphatic rings. The molecule has 0 radical (unpaired) electrons. The fourth-order valence-electron chi connectivity index (χ4n) is 2.44. The number of benzene rings is 1. The van der Waals surface area contributed by atoms with Gasteiger partial charge < -0.3 is 9.84 Å². The van der Waals surface area contributed by atoms with Gasteiger partial charge in [0.05, 0.1) is 5.54 Å². The fourth-order valence-corrected chi connectivity index (χ4v) is 2.44. The third-order valence-corrected chi connectivity index (χ3v) is 3.62. The first-order chi connectivity index (χ1) is 9.17. The predicted molar refractivity (Wildman–Crippen MR) is 68.1 cm³/mol. The molecule has 0 spiro atoms. The van der Waals surface area contributed by atoms with Gasteiger partial charge in [-0.05, 0) is 37.9 Å². The van der Waals surface area contributed by atoms with Crippen molar-refractivity contribution in [1.29, 1.82) is 0 Å². The van der Waals surface area contributed by atoms with E-state index in [-0.39, 0.29) is 11.4 Å². The Kier molecular flexibility index (Phi) is 3.06. The molecular formula is C14H16FN3O. The second kappa shape index (κ2) is 4.74. The number of halogens is 1. The number of rotatable bonds is 3. The Morgan fingerprint density at radius 1 is 1.42 bits per heavy atom. The third-order valence-electron chi connectivity index (χ3n) is 3.62. The Bertz CT molecular complexity index is 576. The summed E-state index contributed by atoms with van der Waals surface area (Å²) >= 11 is 0. The summed E-state index contributed by atoms with van der Waals surface area (Å²) in [6.07, 6.45) is 2.43. The zero-order chi connectivity index (χ0) is 13.3. The molecule has 5 heteroatoms. The van der Waals surface area contributed by atoms with Crippen LogP contribution in [-0.4, -0.2) is 16.7 Å². The van der Waals surface area contributed by atoms with Crippen molar-refractivity contribution in [3.63, 3.8) is 0 Å². The molecule has 4 nitrogen and oxygen atoms in total. The molecule has 1 atom stereocenters. The summed E-state index contributed by atoms with van der Waals surface area (Å²) in [6.45, 7) is 3.02. The van der Waals surface area contributed by atoms with E-state index in [1.165, 1.54) is 6.07 Å². The lowest BCUT2D eigenvalue weighted by Gasteiger charge is -2.18. The summed E-state index contributed by atoms with van der Waals surface area (Å²) in [5.41, 5.74) is 0.347. The van der Waals surface area contributed by atoms with Crippen molar-refractivity contribution in [3.05, 3.63) is 47.4 Å². The zero-order valence-corrected chi connectivity index (χ0v) is 10.8. The van der Waals surface area contributed by atoms with Crippen LogP contribution in [-0.2, 0) is 12.0 Å². The first-order valence-electron chi connectivity index (χ1n) is 6.49. The minimum Gasteiger partial charge on any atom is -0.337 e. The van der Waals surface area contributed by atoms with E-state index in [1.807, 2.05) is 0 Å². The van der Waals surface area contributed by atoms with Crippen LogP contribution in [0, 0.1) is 5.82 Å². The van der Waals surface area contributed by atoms with Crippen LogP contribution in [0.15, 0.2) is 28.8 Å². The normalized spacial score (nSPS) is 22.8. The van der Waals surface area contributed by atoms with Crippen molar-refractivity contribution in [2.45, 2.75) is 31.7 Å². The van der Waals surface area contributed by atoms with E-state index < -0.39 is 0 Å². The minimum atomic E-state index is -0.237. The van der Waals surface area contributed by atoms with Gasteiger partial charge in [0.1, 0.15) is 5.82 Å². The molecule has 0 saturated carbocycles. The molecule has 1 aliphatic heterocycles. The van der Waals surface area contributed by atoms with Gasteiger partial charge in [-0.25, -0.2) is 4.39 Å². The smallest absolute Gasteiger partial charge is 0.246 e. The van der Waals surface area contributed by atoms with Crippen LogP contribution in [0.5, 0.6) is 0 Å². The molecule has 1 fully saturated rings. The maximum atomic E-state index is 13.6. The Balaban J connectivity index is 1.80. The molecule has 2 aromatic rings. The SMILES string of the molecule is CC1(c2nc(Cc3ccccc3F)no2)CCCN1. The second-order valence-corrected chi connectivity index (χ2v) is 5.15.